The lowest BCUT2D eigenvalue weighted by atomic mass is 10.1. The summed E-state index contributed by atoms with van der Waals surface area (Å²) in [7, 11) is 1.89. The Morgan fingerprint density at radius 2 is 1.87 bits per heavy atom. The van der Waals surface area contributed by atoms with Crippen LogP contribution in [0, 0.1) is 11.8 Å². The van der Waals surface area contributed by atoms with Gasteiger partial charge in [-0.05, 0) is 30.2 Å². The maximum absolute atomic E-state index is 10.8. The second-order valence-corrected chi connectivity index (χ2v) is 6.97. The van der Waals surface area contributed by atoms with E-state index in [1.807, 2.05) is 18.2 Å². The van der Waals surface area contributed by atoms with Crippen LogP contribution in [0.25, 0.3) is 0 Å². The van der Waals surface area contributed by atoms with Crippen molar-refractivity contribution < 1.29 is 8.42 Å². The van der Waals surface area contributed by atoms with Crippen molar-refractivity contribution in [3.63, 3.8) is 0 Å². The first kappa shape index (κ1) is 11.0. The summed E-state index contributed by atoms with van der Waals surface area (Å²) in [5, 5.41) is 0. The van der Waals surface area contributed by atoms with Gasteiger partial charge in [0.25, 0.3) is 0 Å². The fourth-order valence-electron chi connectivity index (χ4n) is 1.94. The highest BCUT2D eigenvalue weighted by Gasteiger charge is 2.39. The van der Waals surface area contributed by atoms with Crippen molar-refractivity contribution in [1.29, 1.82) is 0 Å². The van der Waals surface area contributed by atoms with Crippen LogP contribution in [0.15, 0.2) is 30.3 Å². The molecule has 1 saturated carbocycles. The molecule has 0 N–H and O–H groups in total. The molecule has 0 heterocycles. The third kappa shape index (κ3) is 3.50. The molecule has 0 aromatic heterocycles. The number of hydrogen-bond donors (Lipinski definition) is 0. The molecular formula is C11H13ClO2S. The molecule has 0 aliphatic heterocycles. The first-order valence-corrected chi connectivity index (χ1v) is 7.49. The van der Waals surface area contributed by atoms with Gasteiger partial charge in [0, 0.05) is 10.7 Å². The van der Waals surface area contributed by atoms with Crippen LogP contribution in [0.3, 0.4) is 0 Å². The van der Waals surface area contributed by atoms with Crippen LogP contribution in [0.5, 0.6) is 0 Å². The molecule has 1 fully saturated rings. The van der Waals surface area contributed by atoms with Crippen LogP contribution in [0.1, 0.15) is 12.0 Å². The largest absolute Gasteiger partial charge is 0.232 e. The summed E-state index contributed by atoms with van der Waals surface area (Å²) in [5.74, 6) is 0.903. The molecule has 0 bridgehead atoms. The van der Waals surface area contributed by atoms with E-state index in [-0.39, 0.29) is 11.7 Å². The molecule has 2 rings (SSSR count). The fourth-order valence-corrected chi connectivity index (χ4v) is 3.34. The van der Waals surface area contributed by atoms with Gasteiger partial charge in [-0.3, -0.25) is 0 Å². The molecule has 2 nitrogen and oxygen atoms in total. The van der Waals surface area contributed by atoms with Gasteiger partial charge in [-0.15, -0.1) is 0 Å². The average molecular weight is 245 g/mol. The first-order chi connectivity index (χ1) is 7.04. The van der Waals surface area contributed by atoms with E-state index < -0.39 is 9.05 Å². The molecule has 2 atom stereocenters. The van der Waals surface area contributed by atoms with E-state index in [2.05, 4.69) is 12.1 Å². The molecule has 0 radical (unpaired) electrons. The third-order valence-corrected chi connectivity index (χ3v) is 4.03. The summed E-state index contributed by atoms with van der Waals surface area (Å²) < 4.78 is 21.7. The SMILES string of the molecule is O=S(=O)(Cl)CC1CC1Cc1ccccc1. The molecule has 2 unspecified atom stereocenters. The maximum atomic E-state index is 10.8. The normalized spacial score (nSPS) is 25.1. The van der Waals surface area contributed by atoms with E-state index in [9.17, 15) is 8.42 Å². The minimum Gasteiger partial charge on any atom is -0.212 e. The van der Waals surface area contributed by atoms with Crippen LogP contribution in [-0.2, 0) is 15.5 Å². The second-order valence-electron chi connectivity index (χ2n) is 4.15. The Balaban J connectivity index is 1.86. The maximum Gasteiger partial charge on any atom is 0.232 e. The Labute approximate surface area is 94.7 Å². The van der Waals surface area contributed by atoms with Gasteiger partial charge in [0.1, 0.15) is 0 Å². The van der Waals surface area contributed by atoms with Crippen LogP contribution < -0.4 is 0 Å². The van der Waals surface area contributed by atoms with Crippen molar-refractivity contribution in [2.45, 2.75) is 12.8 Å². The molecule has 82 valence electrons. The van der Waals surface area contributed by atoms with Gasteiger partial charge >= 0.3 is 0 Å². The van der Waals surface area contributed by atoms with Gasteiger partial charge < -0.3 is 0 Å². The van der Waals surface area contributed by atoms with Crippen molar-refractivity contribution in [2.75, 3.05) is 5.75 Å². The van der Waals surface area contributed by atoms with Crippen molar-refractivity contribution in [2.24, 2.45) is 11.8 Å². The lowest BCUT2D eigenvalue weighted by Gasteiger charge is -1.99. The Hall–Kier alpha value is -0.540. The monoisotopic (exact) mass is 244 g/mol. The van der Waals surface area contributed by atoms with E-state index in [4.69, 9.17) is 10.7 Å². The lowest BCUT2D eigenvalue weighted by Crippen LogP contribution is -2.01. The van der Waals surface area contributed by atoms with Gasteiger partial charge in [-0.25, -0.2) is 8.42 Å². The Kier molecular flexibility index (Phi) is 3.03. The van der Waals surface area contributed by atoms with Gasteiger partial charge in [0.2, 0.25) is 9.05 Å². The molecule has 1 aliphatic carbocycles. The Morgan fingerprint density at radius 3 is 2.47 bits per heavy atom. The van der Waals surface area contributed by atoms with Gasteiger partial charge in [0.15, 0.2) is 0 Å². The van der Waals surface area contributed by atoms with Gasteiger partial charge in [-0.2, -0.15) is 0 Å². The smallest absolute Gasteiger partial charge is 0.212 e. The standard InChI is InChI=1S/C11H13ClO2S/c12-15(13,14)8-11-7-10(11)6-9-4-2-1-3-5-9/h1-5,10-11H,6-8H2. The highest BCUT2D eigenvalue weighted by Crippen LogP contribution is 2.42. The van der Waals surface area contributed by atoms with Crippen LogP contribution >= 0.6 is 10.7 Å². The summed E-state index contributed by atoms with van der Waals surface area (Å²) in [5.41, 5.74) is 1.27. The zero-order valence-electron chi connectivity index (χ0n) is 8.27. The van der Waals surface area contributed by atoms with Crippen LogP contribution in [0.2, 0.25) is 0 Å². The molecule has 1 aromatic carbocycles. The minimum absolute atomic E-state index is 0.131. The molecule has 15 heavy (non-hydrogen) atoms. The predicted molar refractivity (Wildman–Crippen MR) is 61.4 cm³/mol. The van der Waals surface area contributed by atoms with Crippen molar-refractivity contribution in [1.82, 2.24) is 0 Å². The van der Waals surface area contributed by atoms with Crippen molar-refractivity contribution >= 4 is 19.7 Å². The highest BCUT2D eigenvalue weighted by atomic mass is 35.7. The Morgan fingerprint density at radius 1 is 1.20 bits per heavy atom. The summed E-state index contributed by atoms with van der Waals surface area (Å²) in [6.45, 7) is 0. The predicted octanol–water partition coefficient (Wildman–Crippen LogP) is 2.43. The number of halogens is 1. The van der Waals surface area contributed by atoms with E-state index in [0.717, 1.165) is 12.8 Å². The molecule has 1 aliphatic rings. The number of hydrogen-bond acceptors (Lipinski definition) is 2. The molecule has 1 aromatic rings. The molecule has 0 amide bonds. The number of benzene rings is 1. The van der Waals surface area contributed by atoms with E-state index in [1.54, 1.807) is 0 Å². The summed E-state index contributed by atoms with van der Waals surface area (Å²) in [4.78, 5) is 0. The van der Waals surface area contributed by atoms with Crippen LogP contribution in [-0.4, -0.2) is 14.2 Å². The molecule has 0 spiro atoms. The fraction of sp³-hybridized carbons (Fsp3) is 0.455. The third-order valence-electron chi connectivity index (χ3n) is 2.82. The topological polar surface area (TPSA) is 34.1 Å². The van der Waals surface area contributed by atoms with Gasteiger partial charge in [0.05, 0.1) is 5.75 Å². The Bertz CT molecular complexity index is 427. The van der Waals surface area contributed by atoms with E-state index in [0.29, 0.717) is 5.92 Å². The summed E-state index contributed by atoms with van der Waals surface area (Å²) >= 11 is 0. The molecule has 4 heteroatoms. The summed E-state index contributed by atoms with van der Waals surface area (Å²) in [6.07, 6.45) is 1.96. The van der Waals surface area contributed by atoms with Crippen molar-refractivity contribution in [3.05, 3.63) is 35.9 Å². The van der Waals surface area contributed by atoms with E-state index >= 15 is 0 Å². The van der Waals surface area contributed by atoms with Gasteiger partial charge in [-0.1, -0.05) is 30.3 Å². The second kappa shape index (κ2) is 4.14. The summed E-state index contributed by atoms with van der Waals surface area (Å²) in [6, 6.07) is 10.1. The first-order valence-electron chi connectivity index (χ1n) is 5.01. The zero-order valence-corrected chi connectivity index (χ0v) is 9.84. The lowest BCUT2D eigenvalue weighted by molar-refractivity contribution is 0.602. The van der Waals surface area contributed by atoms with Crippen molar-refractivity contribution in [3.8, 4) is 0 Å². The zero-order chi connectivity index (χ0) is 10.9. The highest BCUT2D eigenvalue weighted by molar-refractivity contribution is 8.13. The molecule has 0 saturated heterocycles. The minimum atomic E-state index is -3.31. The number of rotatable bonds is 4. The average Bonchev–Trinajstić information content (AvgIpc) is 2.82. The molecular weight excluding hydrogens is 232 g/mol. The van der Waals surface area contributed by atoms with Crippen LogP contribution in [0.4, 0.5) is 0 Å². The quantitative estimate of drug-likeness (QED) is 0.763. The van der Waals surface area contributed by atoms with E-state index in [1.165, 1.54) is 5.56 Å².